The summed E-state index contributed by atoms with van der Waals surface area (Å²) in [6, 6.07) is 3.62. The lowest BCUT2D eigenvalue weighted by atomic mass is 10.5. The van der Waals surface area contributed by atoms with Gasteiger partial charge in [-0.05, 0) is 34.3 Å². The summed E-state index contributed by atoms with van der Waals surface area (Å²) in [5, 5.41) is 12.3. The van der Waals surface area contributed by atoms with Crippen molar-refractivity contribution in [3.05, 3.63) is 23.5 Å². The van der Waals surface area contributed by atoms with Crippen LogP contribution in [0.3, 0.4) is 0 Å². The Morgan fingerprint density at radius 3 is 3.00 bits per heavy atom. The molecule has 2 rings (SSSR count). The molecule has 0 saturated heterocycles. The standard InChI is InChI=1S/C7H6ClN5S/c1-13-7(10-11-12-13)14-5-2-3-9-6(8)4-5/h2-4H,1H3. The zero-order valence-corrected chi connectivity index (χ0v) is 8.83. The fourth-order valence-electron chi connectivity index (χ4n) is 0.861. The van der Waals surface area contributed by atoms with Crippen LogP contribution in [-0.4, -0.2) is 25.2 Å². The van der Waals surface area contributed by atoms with Gasteiger partial charge in [-0.1, -0.05) is 11.6 Å². The van der Waals surface area contributed by atoms with Gasteiger partial charge in [0.15, 0.2) is 0 Å². The summed E-state index contributed by atoms with van der Waals surface area (Å²) < 4.78 is 1.60. The molecule has 0 N–H and O–H groups in total. The van der Waals surface area contributed by atoms with Gasteiger partial charge in [-0.3, -0.25) is 0 Å². The highest BCUT2D eigenvalue weighted by atomic mass is 35.5. The number of aryl methyl sites for hydroxylation is 1. The molecule has 72 valence electrons. The first-order chi connectivity index (χ1) is 6.75. The molecule has 0 radical (unpaired) electrons. The van der Waals surface area contributed by atoms with Crippen LogP contribution in [0.2, 0.25) is 5.15 Å². The highest BCUT2D eigenvalue weighted by Gasteiger charge is 2.04. The molecule has 0 spiro atoms. The predicted octanol–water partition coefficient (Wildman–Crippen LogP) is 1.41. The fraction of sp³-hybridized carbons (Fsp3) is 0.143. The summed E-state index contributed by atoms with van der Waals surface area (Å²) in [4.78, 5) is 4.85. The van der Waals surface area contributed by atoms with Gasteiger partial charge < -0.3 is 0 Å². The Balaban J connectivity index is 2.23. The van der Waals surface area contributed by atoms with Gasteiger partial charge in [0.2, 0.25) is 5.16 Å². The number of aromatic nitrogens is 5. The van der Waals surface area contributed by atoms with Gasteiger partial charge in [0, 0.05) is 18.1 Å². The zero-order chi connectivity index (χ0) is 9.97. The number of hydrogen-bond acceptors (Lipinski definition) is 5. The lowest BCUT2D eigenvalue weighted by Crippen LogP contribution is -1.92. The molecular formula is C7H6ClN5S. The number of hydrogen-bond donors (Lipinski definition) is 0. The second kappa shape index (κ2) is 3.93. The quantitative estimate of drug-likeness (QED) is 0.726. The molecule has 0 aliphatic rings. The summed E-state index contributed by atoms with van der Waals surface area (Å²) in [6.45, 7) is 0. The van der Waals surface area contributed by atoms with E-state index in [0.717, 1.165) is 4.90 Å². The molecule has 14 heavy (non-hydrogen) atoms. The monoisotopic (exact) mass is 227 g/mol. The molecule has 2 heterocycles. The predicted molar refractivity (Wildman–Crippen MR) is 52.2 cm³/mol. The van der Waals surface area contributed by atoms with Crippen molar-refractivity contribution >= 4 is 23.4 Å². The average molecular weight is 228 g/mol. The summed E-state index contributed by atoms with van der Waals surface area (Å²) in [5.41, 5.74) is 0. The van der Waals surface area contributed by atoms with E-state index in [2.05, 4.69) is 20.5 Å². The molecule has 0 aliphatic heterocycles. The molecule has 0 unspecified atom stereocenters. The van der Waals surface area contributed by atoms with Crippen molar-refractivity contribution in [2.45, 2.75) is 10.1 Å². The van der Waals surface area contributed by atoms with Crippen molar-refractivity contribution in [2.75, 3.05) is 0 Å². The van der Waals surface area contributed by atoms with E-state index in [9.17, 15) is 0 Å². The second-order valence-electron chi connectivity index (χ2n) is 2.50. The van der Waals surface area contributed by atoms with E-state index >= 15 is 0 Å². The van der Waals surface area contributed by atoms with E-state index in [1.54, 1.807) is 24.0 Å². The maximum atomic E-state index is 5.74. The first kappa shape index (κ1) is 9.42. The number of pyridine rings is 1. The fourth-order valence-corrected chi connectivity index (χ4v) is 1.86. The van der Waals surface area contributed by atoms with Gasteiger partial charge in [0.25, 0.3) is 0 Å². The maximum Gasteiger partial charge on any atom is 0.213 e. The average Bonchev–Trinajstić information content (AvgIpc) is 2.52. The van der Waals surface area contributed by atoms with Crippen LogP contribution in [0.5, 0.6) is 0 Å². The molecule has 0 fully saturated rings. The van der Waals surface area contributed by atoms with Crippen LogP contribution in [0.1, 0.15) is 0 Å². The molecule has 7 heteroatoms. The first-order valence-corrected chi connectivity index (χ1v) is 4.97. The van der Waals surface area contributed by atoms with Gasteiger partial charge >= 0.3 is 0 Å². The van der Waals surface area contributed by atoms with Gasteiger partial charge in [0.05, 0.1) is 0 Å². The number of nitrogens with zero attached hydrogens (tertiary/aromatic N) is 5. The molecule has 0 bridgehead atoms. The normalized spacial score (nSPS) is 10.4. The minimum atomic E-state index is 0.463. The van der Waals surface area contributed by atoms with E-state index in [-0.39, 0.29) is 0 Å². The topological polar surface area (TPSA) is 56.5 Å². The Hall–Kier alpha value is -1.14. The van der Waals surface area contributed by atoms with Crippen LogP contribution >= 0.6 is 23.4 Å². The van der Waals surface area contributed by atoms with Gasteiger partial charge in [-0.15, -0.1) is 5.10 Å². The molecule has 0 amide bonds. The van der Waals surface area contributed by atoms with Crippen LogP contribution in [0, 0.1) is 0 Å². The van der Waals surface area contributed by atoms with Crippen molar-refractivity contribution in [2.24, 2.45) is 7.05 Å². The molecule has 2 aromatic rings. The van der Waals surface area contributed by atoms with Crippen LogP contribution in [-0.2, 0) is 7.05 Å². The molecule has 0 atom stereocenters. The Morgan fingerprint density at radius 2 is 2.36 bits per heavy atom. The molecule has 2 aromatic heterocycles. The third-order valence-corrected chi connectivity index (χ3v) is 2.71. The van der Waals surface area contributed by atoms with Gasteiger partial charge in [0.1, 0.15) is 5.15 Å². The Morgan fingerprint density at radius 1 is 1.50 bits per heavy atom. The molecule has 0 saturated carbocycles. The minimum absolute atomic E-state index is 0.463. The number of rotatable bonds is 2. The third-order valence-electron chi connectivity index (χ3n) is 1.49. The van der Waals surface area contributed by atoms with Crippen molar-refractivity contribution in [1.29, 1.82) is 0 Å². The highest BCUT2D eigenvalue weighted by Crippen LogP contribution is 2.25. The highest BCUT2D eigenvalue weighted by molar-refractivity contribution is 7.99. The largest absolute Gasteiger partial charge is 0.244 e. The van der Waals surface area contributed by atoms with Crippen LogP contribution in [0.4, 0.5) is 0 Å². The van der Waals surface area contributed by atoms with Crippen molar-refractivity contribution in [1.82, 2.24) is 25.2 Å². The summed E-state index contributed by atoms with van der Waals surface area (Å²) in [5.74, 6) is 0. The number of halogens is 1. The summed E-state index contributed by atoms with van der Waals surface area (Å²) in [6.07, 6.45) is 1.65. The lowest BCUT2D eigenvalue weighted by molar-refractivity contribution is 0.664. The maximum absolute atomic E-state index is 5.74. The third kappa shape index (κ3) is 2.02. The molecule has 0 aliphatic carbocycles. The van der Waals surface area contributed by atoms with Gasteiger partial charge in [-0.2, -0.15) is 0 Å². The van der Waals surface area contributed by atoms with Crippen LogP contribution < -0.4 is 0 Å². The van der Waals surface area contributed by atoms with Gasteiger partial charge in [-0.25, -0.2) is 9.67 Å². The SMILES string of the molecule is Cn1nnnc1Sc1ccnc(Cl)c1. The summed E-state index contributed by atoms with van der Waals surface area (Å²) in [7, 11) is 1.78. The summed E-state index contributed by atoms with van der Waals surface area (Å²) >= 11 is 7.18. The van der Waals surface area contributed by atoms with E-state index in [0.29, 0.717) is 10.3 Å². The first-order valence-electron chi connectivity index (χ1n) is 3.77. The van der Waals surface area contributed by atoms with E-state index in [4.69, 9.17) is 11.6 Å². The molecule has 5 nitrogen and oxygen atoms in total. The Kier molecular flexibility index (Phi) is 2.64. The minimum Gasteiger partial charge on any atom is -0.244 e. The van der Waals surface area contributed by atoms with Crippen LogP contribution in [0.15, 0.2) is 28.4 Å². The van der Waals surface area contributed by atoms with Crippen molar-refractivity contribution in [3.8, 4) is 0 Å². The van der Waals surface area contributed by atoms with E-state index < -0.39 is 0 Å². The number of tetrazole rings is 1. The van der Waals surface area contributed by atoms with E-state index in [1.165, 1.54) is 11.8 Å². The molecule has 0 aromatic carbocycles. The second-order valence-corrected chi connectivity index (χ2v) is 3.93. The van der Waals surface area contributed by atoms with Crippen molar-refractivity contribution < 1.29 is 0 Å². The van der Waals surface area contributed by atoms with E-state index in [1.807, 2.05) is 6.07 Å². The molecular weight excluding hydrogens is 222 g/mol. The lowest BCUT2D eigenvalue weighted by Gasteiger charge is -1.98. The Labute approximate surface area is 89.5 Å². The Bertz CT molecular complexity index is 443. The van der Waals surface area contributed by atoms with Crippen molar-refractivity contribution in [3.63, 3.8) is 0 Å². The van der Waals surface area contributed by atoms with Crippen LogP contribution in [0.25, 0.3) is 0 Å². The smallest absolute Gasteiger partial charge is 0.213 e. The zero-order valence-electron chi connectivity index (χ0n) is 7.25.